The zero-order valence-corrected chi connectivity index (χ0v) is 11.6. The summed E-state index contributed by atoms with van der Waals surface area (Å²) in [6, 6.07) is 11.2. The number of aromatic hydroxyl groups is 1. The molecule has 2 N–H and O–H groups in total. The number of phenols is 1. The smallest absolute Gasteiger partial charge is 0.227 e. The molecule has 0 unspecified atom stereocenters. The number of anilines is 1. The van der Waals surface area contributed by atoms with Crippen molar-refractivity contribution in [1.82, 2.24) is 0 Å². The Labute approximate surface area is 122 Å². The van der Waals surface area contributed by atoms with Gasteiger partial charge in [0.05, 0.1) is 13.0 Å². The highest BCUT2D eigenvalue weighted by Gasteiger charge is 2.06. The van der Waals surface area contributed by atoms with Crippen LogP contribution in [0, 0.1) is 12.7 Å². The Bertz CT molecular complexity index is 643. The second kappa shape index (κ2) is 6.74. The van der Waals surface area contributed by atoms with Crippen LogP contribution in [0.1, 0.15) is 12.0 Å². The third-order valence-electron chi connectivity index (χ3n) is 2.82. The maximum Gasteiger partial charge on any atom is 0.227 e. The minimum absolute atomic E-state index is 0.149. The standard InChI is InChI=1S/C16H16FNO3/c1-11-3-2-4-13(9-11)21-8-7-16(20)18-12-5-6-15(19)14(17)10-12/h2-6,9-10,19H,7-8H2,1H3,(H,18,20). The number of carbonyl (C=O) groups is 1. The molecule has 0 aliphatic rings. The Kier molecular flexibility index (Phi) is 4.77. The van der Waals surface area contributed by atoms with Crippen LogP contribution in [0.2, 0.25) is 0 Å². The molecule has 0 radical (unpaired) electrons. The molecular weight excluding hydrogens is 273 g/mol. The average Bonchev–Trinajstić information content (AvgIpc) is 2.43. The molecule has 4 nitrogen and oxygen atoms in total. The molecule has 0 aliphatic heterocycles. The van der Waals surface area contributed by atoms with Gasteiger partial charge in [0.25, 0.3) is 0 Å². The van der Waals surface area contributed by atoms with Gasteiger partial charge in [0.15, 0.2) is 11.6 Å². The average molecular weight is 289 g/mol. The summed E-state index contributed by atoms with van der Waals surface area (Å²) in [6.07, 6.45) is 0.149. The monoisotopic (exact) mass is 289 g/mol. The maximum absolute atomic E-state index is 13.1. The Balaban J connectivity index is 1.81. The second-order valence-corrected chi connectivity index (χ2v) is 4.63. The first kappa shape index (κ1) is 14.8. The number of nitrogens with one attached hydrogen (secondary N) is 1. The van der Waals surface area contributed by atoms with E-state index >= 15 is 0 Å². The van der Waals surface area contributed by atoms with Crippen molar-refractivity contribution in [1.29, 1.82) is 0 Å². The number of ether oxygens (including phenoxy) is 1. The van der Waals surface area contributed by atoms with Crippen molar-refractivity contribution in [2.24, 2.45) is 0 Å². The molecule has 21 heavy (non-hydrogen) atoms. The fourth-order valence-electron chi connectivity index (χ4n) is 1.77. The maximum atomic E-state index is 13.1. The first-order valence-electron chi connectivity index (χ1n) is 6.52. The fourth-order valence-corrected chi connectivity index (χ4v) is 1.77. The molecule has 0 aliphatic carbocycles. The summed E-state index contributed by atoms with van der Waals surface area (Å²) in [5.74, 6) is -0.800. The van der Waals surface area contributed by atoms with Gasteiger partial charge in [0.2, 0.25) is 5.91 Å². The van der Waals surface area contributed by atoms with Crippen LogP contribution in [-0.4, -0.2) is 17.6 Å². The van der Waals surface area contributed by atoms with Crippen LogP contribution in [0.3, 0.4) is 0 Å². The van der Waals surface area contributed by atoms with Gasteiger partial charge >= 0.3 is 0 Å². The molecule has 0 saturated heterocycles. The van der Waals surface area contributed by atoms with E-state index in [0.717, 1.165) is 11.6 Å². The normalized spacial score (nSPS) is 10.2. The highest BCUT2D eigenvalue weighted by Crippen LogP contribution is 2.19. The molecule has 0 atom stereocenters. The van der Waals surface area contributed by atoms with Gasteiger partial charge in [-0.2, -0.15) is 0 Å². The molecule has 0 saturated carbocycles. The summed E-state index contributed by atoms with van der Waals surface area (Å²) in [5.41, 5.74) is 1.38. The van der Waals surface area contributed by atoms with Crippen LogP contribution in [0.5, 0.6) is 11.5 Å². The Morgan fingerprint density at radius 1 is 1.29 bits per heavy atom. The lowest BCUT2D eigenvalue weighted by Gasteiger charge is -2.08. The van der Waals surface area contributed by atoms with Gasteiger partial charge in [0, 0.05) is 11.8 Å². The SMILES string of the molecule is Cc1cccc(OCCC(=O)Nc2ccc(O)c(F)c2)c1. The lowest BCUT2D eigenvalue weighted by Crippen LogP contribution is -2.15. The topological polar surface area (TPSA) is 58.6 Å². The van der Waals surface area contributed by atoms with Crippen molar-refractivity contribution < 1.29 is 19.0 Å². The van der Waals surface area contributed by atoms with E-state index in [1.165, 1.54) is 12.1 Å². The summed E-state index contributed by atoms with van der Waals surface area (Å²) in [6.45, 7) is 2.19. The van der Waals surface area contributed by atoms with Crippen LogP contribution < -0.4 is 10.1 Å². The van der Waals surface area contributed by atoms with Crippen LogP contribution in [0.15, 0.2) is 42.5 Å². The number of rotatable bonds is 5. The molecule has 0 fully saturated rings. The molecule has 1 amide bonds. The van der Waals surface area contributed by atoms with Crippen LogP contribution in [-0.2, 0) is 4.79 Å². The first-order valence-corrected chi connectivity index (χ1v) is 6.52. The van der Waals surface area contributed by atoms with Gasteiger partial charge in [-0.15, -0.1) is 0 Å². The summed E-state index contributed by atoms with van der Waals surface area (Å²) in [7, 11) is 0. The number of aryl methyl sites for hydroxylation is 1. The number of phenolic OH excluding ortho intramolecular Hbond substituents is 1. The number of hydrogen-bond acceptors (Lipinski definition) is 3. The molecular formula is C16H16FNO3. The van der Waals surface area contributed by atoms with Gasteiger partial charge < -0.3 is 15.2 Å². The number of carbonyl (C=O) groups excluding carboxylic acids is 1. The first-order chi connectivity index (χ1) is 10.0. The van der Waals surface area contributed by atoms with E-state index in [-0.39, 0.29) is 18.9 Å². The van der Waals surface area contributed by atoms with Gasteiger partial charge in [-0.3, -0.25) is 4.79 Å². The largest absolute Gasteiger partial charge is 0.505 e. The predicted octanol–water partition coefficient (Wildman–Crippen LogP) is 3.25. The highest BCUT2D eigenvalue weighted by atomic mass is 19.1. The Hall–Kier alpha value is -2.56. The Morgan fingerprint density at radius 2 is 2.10 bits per heavy atom. The summed E-state index contributed by atoms with van der Waals surface area (Å²) >= 11 is 0. The van der Waals surface area contributed by atoms with Gasteiger partial charge in [-0.1, -0.05) is 12.1 Å². The van der Waals surface area contributed by atoms with E-state index in [9.17, 15) is 9.18 Å². The van der Waals surface area contributed by atoms with Crippen molar-refractivity contribution in [2.75, 3.05) is 11.9 Å². The predicted molar refractivity (Wildman–Crippen MR) is 78.0 cm³/mol. The number of hydrogen-bond donors (Lipinski definition) is 2. The molecule has 110 valence electrons. The third-order valence-corrected chi connectivity index (χ3v) is 2.82. The van der Waals surface area contributed by atoms with Crippen LogP contribution in [0.25, 0.3) is 0 Å². The van der Waals surface area contributed by atoms with Gasteiger partial charge in [-0.05, 0) is 36.8 Å². The lowest BCUT2D eigenvalue weighted by molar-refractivity contribution is -0.116. The molecule has 5 heteroatoms. The quantitative estimate of drug-likeness (QED) is 0.831. The van der Waals surface area contributed by atoms with Crippen molar-refractivity contribution >= 4 is 11.6 Å². The summed E-state index contributed by atoms with van der Waals surface area (Å²) < 4.78 is 18.6. The summed E-state index contributed by atoms with van der Waals surface area (Å²) in [4.78, 5) is 11.7. The minimum Gasteiger partial charge on any atom is -0.505 e. The van der Waals surface area contributed by atoms with E-state index in [0.29, 0.717) is 11.4 Å². The highest BCUT2D eigenvalue weighted by molar-refractivity contribution is 5.90. The minimum atomic E-state index is -0.774. The number of halogens is 1. The van der Waals surface area contributed by atoms with Gasteiger partial charge in [-0.25, -0.2) is 4.39 Å². The van der Waals surface area contributed by atoms with E-state index in [1.54, 1.807) is 0 Å². The number of amides is 1. The van der Waals surface area contributed by atoms with Crippen molar-refractivity contribution in [3.8, 4) is 11.5 Å². The van der Waals surface area contributed by atoms with Crippen molar-refractivity contribution in [2.45, 2.75) is 13.3 Å². The summed E-state index contributed by atoms with van der Waals surface area (Å²) in [5, 5.41) is 11.6. The third kappa shape index (κ3) is 4.49. The van der Waals surface area contributed by atoms with E-state index in [2.05, 4.69) is 5.32 Å². The zero-order valence-electron chi connectivity index (χ0n) is 11.6. The number of benzene rings is 2. The molecule has 2 aromatic carbocycles. The Morgan fingerprint density at radius 3 is 2.81 bits per heavy atom. The van der Waals surface area contributed by atoms with Gasteiger partial charge in [0.1, 0.15) is 5.75 Å². The van der Waals surface area contributed by atoms with Crippen LogP contribution in [0.4, 0.5) is 10.1 Å². The molecule has 2 rings (SSSR count). The van der Waals surface area contributed by atoms with E-state index in [4.69, 9.17) is 9.84 Å². The van der Waals surface area contributed by atoms with Crippen molar-refractivity contribution in [3.63, 3.8) is 0 Å². The fraction of sp³-hybridized carbons (Fsp3) is 0.188. The van der Waals surface area contributed by atoms with Crippen molar-refractivity contribution in [3.05, 3.63) is 53.8 Å². The molecule has 0 aromatic heterocycles. The second-order valence-electron chi connectivity index (χ2n) is 4.63. The molecule has 0 heterocycles. The molecule has 0 bridgehead atoms. The molecule has 2 aromatic rings. The van der Waals surface area contributed by atoms with E-state index in [1.807, 2.05) is 31.2 Å². The van der Waals surface area contributed by atoms with Crippen LogP contribution >= 0.6 is 0 Å². The van der Waals surface area contributed by atoms with E-state index < -0.39 is 11.6 Å². The zero-order chi connectivity index (χ0) is 15.2. The molecule has 0 spiro atoms. The lowest BCUT2D eigenvalue weighted by atomic mass is 10.2.